The van der Waals surface area contributed by atoms with E-state index >= 15 is 0 Å². The van der Waals surface area contributed by atoms with Gasteiger partial charge in [0.05, 0.1) is 6.42 Å². The zero-order valence-corrected chi connectivity index (χ0v) is 6.44. The van der Waals surface area contributed by atoms with Gasteiger partial charge in [-0.25, -0.2) is 4.79 Å². The average molecular weight is 191 g/mol. The minimum absolute atomic E-state index is 0. The van der Waals surface area contributed by atoms with Gasteiger partial charge < -0.3 is 15.6 Å². The number of carbonyl (C=O) groups excluding carboxylic acids is 2. The van der Waals surface area contributed by atoms with Crippen molar-refractivity contribution in [3.8, 4) is 0 Å². The Morgan fingerprint density at radius 1 is 1.46 bits per heavy atom. The Hall–Kier alpha value is -1.43. The van der Waals surface area contributed by atoms with Gasteiger partial charge in [-0.3, -0.25) is 9.59 Å². The molecule has 0 aromatic carbocycles. The highest BCUT2D eigenvalue weighted by molar-refractivity contribution is 5.89. The molecule has 6 heteroatoms. The van der Waals surface area contributed by atoms with E-state index in [0.717, 1.165) is 6.92 Å². The van der Waals surface area contributed by atoms with Crippen LogP contribution in [0.15, 0.2) is 0 Å². The minimum atomic E-state index is -1.29. The monoisotopic (exact) mass is 191 g/mol. The van der Waals surface area contributed by atoms with Crippen LogP contribution in [-0.2, 0) is 19.1 Å². The van der Waals surface area contributed by atoms with Gasteiger partial charge in [-0.05, 0) is 0 Å². The first kappa shape index (κ1) is 14.1. The highest BCUT2D eigenvalue weighted by Crippen LogP contribution is 1.92. The van der Waals surface area contributed by atoms with Crippen molar-refractivity contribution in [1.29, 1.82) is 0 Å². The quantitative estimate of drug-likeness (QED) is 0.460. The minimum Gasteiger partial charge on any atom is -0.481 e. The summed E-state index contributed by atoms with van der Waals surface area (Å²) in [5, 5.41) is 8.19. The summed E-state index contributed by atoms with van der Waals surface area (Å²) in [6.07, 6.45) is -0.549. The van der Waals surface area contributed by atoms with Gasteiger partial charge >= 0.3 is 17.9 Å². The number of esters is 2. The fraction of sp³-hybridized carbons (Fsp3) is 0.571. The van der Waals surface area contributed by atoms with Crippen LogP contribution in [0.1, 0.15) is 20.8 Å². The Balaban J connectivity index is 0. The number of carboxylic acid groups (broad SMARTS) is 1. The maximum Gasteiger partial charge on any atom is 0.331 e. The lowest BCUT2D eigenvalue weighted by Gasteiger charge is -2.05. The van der Waals surface area contributed by atoms with E-state index in [4.69, 9.17) is 10.8 Å². The molecule has 0 aliphatic heterocycles. The zero-order valence-electron chi connectivity index (χ0n) is 6.44. The van der Waals surface area contributed by atoms with Crippen molar-refractivity contribution in [2.45, 2.75) is 26.8 Å². The van der Waals surface area contributed by atoms with Gasteiger partial charge in [-0.15, -0.1) is 0 Å². The van der Waals surface area contributed by atoms with Crippen molar-refractivity contribution in [2.24, 2.45) is 5.73 Å². The third kappa shape index (κ3) is 6.95. The van der Waals surface area contributed by atoms with Crippen LogP contribution in [0, 0.1) is 0 Å². The molecule has 6 nitrogen and oxygen atoms in total. The molecular weight excluding hydrogens is 178 g/mol. The van der Waals surface area contributed by atoms with Crippen LogP contribution in [0.25, 0.3) is 0 Å². The number of rotatable bonds is 3. The van der Waals surface area contributed by atoms with Gasteiger partial charge in [0.25, 0.3) is 0 Å². The smallest absolute Gasteiger partial charge is 0.331 e. The molecule has 0 aromatic rings. The summed E-state index contributed by atoms with van der Waals surface area (Å²) in [6.45, 7) is 1.03. The summed E-state index contributed by atoms with van der Waals surface area (Å²) >= 11 is 0. The van der Waals surface area contributed by atoms with E-state index in [2.05, 4.69) is 4.74 Å². The first-order chi connectivity index (χ1) is 5.43. The van der Waals surface area contributed by atoms with Gasteiger partial charge in [0.15, 0.2) is 0 Å². The molecule has 0 saturated heterocycles. The molecule has 3 N–H and O–H groups in total. The molecule has 1 unspecified atom stereocenters. The van der Waals surface area contributed by atoms with Crippen molar-refractivity contribution in [1.82, 2.24) is 0 Å². The summed E-state index contributed by atoms with van der Waals surface area (Å²) in [7, 11) is 0. The summed E-state index contributed by atoms with van der Waals surface area (Å²) in [5.74, 6) is -3.05. The predicted molar refractivity (Wildman–Crippen MR) is 43.7 cm³/mol. The highest BCUT2D eigenvalue weighted by Gasteiger charge is 2.19. The fourth-order valence-electron chi connectivity index (χ4n) is 0.489. The first-order valence-corrected chi connectivity index (χ1v) is 3.13. The average Bonchev–Trinajstić information content (AvgIpc) is 1.84. The topological polar surface area (TPSA) is 107 Å². The zero-order chi connectivity index (χ0) is 9.72. The van der Waals surface area contributed by atoms with Gasteiger partial charge in [0.2, 0.25) is 0 Å². The Kier molecular flexibility index (Phi) is 6.65. The van der Waals surface area contributed by atoms with E-state index in [9.17, 15) is 14.4 Å². The number of hydrogen-bond donors (Lipinski definition) is 2. The standard InChI is InChI=1S/C6H9NO5.CH4/c1-3(8)12-6(11)4(7)2-5(9)10;/h4H,2,7H2,1H3,(H,9,10);1H4. The van der Waals surface area contributed by atoms with E-state index in [1.54, 1.807) is 0 Å². The van der Waals surface area contributed by atoms with E-state index in [0.29, 0.717) is 0 Å². The lowest BCUT2D eigenvalue weighted by atomic mass is 10.2. The first-order valence-electron chi connectivity index (χ1n) is 3.13. The van der Waals surface area contributed by atoms with Crippen LogP contribution in [0.5, 0.6) is 0 Å². The lowest BCUT2D eigenvalue weighted by Crippen LogP contribution is -2.35. The highest BCUT2D eigenvalue weighted by atomic mass is 16.6. The molecule has 0 rings (SSSR count). The van der Waals surface area contributed by atoms with E-state index in [1.807, 2.05) is 0 Å². The number of carboxylic acids is 1. The summed E-state index contributed by atoms with van der Waals surface area (Å²) in [4.78, 5) is 30.9. The maximum absolute atomic E-state index is 10.7. The van der Waals surface area contributed by atoms with E-state index < -0.39 is 30.4 Å². The second kappa shape index (κ2) is 6.13. The van der Waals surface area contributed by atoms with Gasteiger partial charge in [-0.2, -0.15) is 0 Å². The number of aliphatic carboxylic acids is 1. The molecule has 1 atom stereocenters. The molecule has 0 aromatic heterocycles. The van der Waals surface area contributed by atoms with Crippen LogP contribution >= 0.6 is 0 Å². The van der Waals surface area contributed by atoms with Crippen molar-refractivity contribution >= 4 is 17.9 Å². The van der Waals surface area contributed by atoms with Crippen LogP contribution in [-0.4, -0.2) is 29.1 Å². The Morgan fingerprint density at radius 2 is 1.92 bits per heavy atom. The van der Waals surface area contributed by atoms with E-state index in [-0.39, 0.29) is 7.43 Å². The molecule has 13 heavy (non-hydrogen) atoms. The summed E-state index contributed by atoms with van der Waals surface area (Å²) in [5.41, 5.74) is 5.06. The van der Waals surface area contributed by atoms with Crippen molar-refractivity contribution in [3.63, 3.8) is 0 Å². The molecule has 0 fully saturated rings. The Bertz CT molecular complexity index is 213. The summed E-state index contributed by atoms with van der Waals surface area (Å²) in [6, 6.07) is -1.29. The number of ether oxygens (including phenoxy) is 1. The van der Waals surface area contributed by atoms with Crippen molar-refractivity contribution in [2.75, 3.05) is 0 Å². The fourth-order valence-corrected chi connectivity index (χ4v) is 0.489. The number of carbonyl (C=O) groups is 3. The molecule has 0 amide bonds. The van der Waals surface area contributed by atoms with Crippen LogP contribution < -0.4 is 5.73 Å². The molecule has 0 saturated carbocycles. The Labute approximate surface area is 75.7 Å². The molecule has 0 aliphatic carbocycles. The molecular formula is C7H13NO5. The summed E-state index contributed by atoms with van der Waals surface area (Å²) < 4.78 is 4.05. The van der Waals surface area contributed by atoms with Gasteiger partial charge in [0, 0.05) is 6.92 Å². The number of hydrogen-bond acceptors (Lipinski definition) is 5. The second-order valence-corrected chi connectivity index (χ2v) is 2.12. The molecule has 0 spiro atoms. The third-order valence-electron chi connectivity index (χ3n) is 0.942. The second-order valence-electron chi connectivity index (χ2n) is 2.12. The van der Waals surface area contributed by atoms with E-state index in [1.165, 1.54) is 0 Å². The number of nitrogens with two attached hydrogens (primary N) is 1. The maximum atomic E-state index is 10.7. The lowest BCUT2D eigenvalue weighted by molar-refractivity contribution is -0.160. The molecule has 0 bridgehead atoms. The van der Waals surface area contributed by atoms with Gasteiger partial charge in [-0.1, -0.05) is 7.43 Å². The van der Waals surface area contributed by atoms with Crippen molar-refractivity contribution < 1.29 is 24.2 Å². The van der Waals surface area contributed by atoms with Crippen LogP contribution in [0.4, 0.5) is 0 Å². The molecule has 0 radical (unpaired) electrons. The third-order valence-corrected chi connectivity index (χ3v) is 0.942. The molecule has 0 aliphatic rings. The predicted octanol–water partition coefficient (Wildman–Crippen LogP) is -0.486. The van der Waals surface area contributed by atoms with Crippen LogP contribution in [0.2, 0.25) is 0 Å². The normalized spacial score (nSPS) is 10.9. The van der Waals surface area contributed by atoms with Gasteiger partial charge in [0.1, 0.15) is 6.04 Å². The molecule has 76 valence electrons. The largest absolute Gasteiger partial charge is 0.481 e. The SMILES string of the molecule is C.CC(=O)OC(=O)C(N)CC(=O)O. The Morgan fingerprint density at radius 3 is 2.23 bits per heavy atom. The van der Waals surface area contributed by atoms with Crippen molar-refractivity contribution in [3.05, 3.63) is 0 Å². The van der Waals surface area contributed by atoms with Crippen LogP contribution in [0.3, 0.4) is 0 Å². The molecule has 0 heterocycles.